The number of nitrogens with zero attached hydrogens (tertiary/aromatic N) is 1. The molecular formula is C24H16Cl3NO3S2. The van der Waals surface area contributed by atoms with E-state index in [0.717, 1.165) is 5.56 Å². The summed E-state index contributed by atoms with van der Waals surface area (Å²) in [4.78, 5) is 15.1. The van der Waals surface area contributed by atoms with E-state index in [1.165, 1.54) is 16.7 Å². The molecule has 33 heavy (non-hydrogen) atoms. The van der Waals surface area contributed by atoms with Crippen molar-refractivity contribution in [1.82, 2.24) is 0 Å². The number of methoxy groups -OCH3 is 1. The summed E-state index contributed by atoms with van der Waals surface area (Å²) in [7, 11) is 1.56. The lowest BCUT2D eigenvalue weighted by molar-refractivity contribution is -0.113. The van der Waals surface area contributed by atoms with Gasteiger partial charge in [0.05, 0.1) is 17.7 Å². The molecule has 1 fully saturated rings. The lowest BCUT2D eigenvalue weighted by Gasteiger charge is -2.15. The summed E-state index contributed by atoms with van der Waals surface area (Å²) in [6.07, 6.45) is 1.74. The Bertz CT molecular complexity index is 1280. The molecule has 1 saturated heterocycles. The molecule has 0 bridgehead atoms. The quantitative estimate of drug-likeness (QED) is 0.239. The third-order valence-corrected chi connectivity index (χ3v) is 6.89. The Balaban J connectivity index is 1.65. The van der Waals surface area contributed by atoms with Gasteiger partial charge in [0, 0.05) is 26.2 Å². The zero-order valence-electron chi connectivity index (χ0n) is 17.2. The van der Waals surface area contributed by atoms with Crippen molar-refractivity contribution in [1.29, 1.82) is 0 Å². The number of thiocarbonyl (C=S) groups is 1. The van der Waals surface area contributed by atoms with Crippen molar-refractivity contribution in [2.45, 2.75) is 6.61 Å². The average Bonchev–Trinajstić information content (AvgIpc) is 3.06. The summed E-state index contributed by atoms with van der Waals surface area (Å²) < 4.78 is 12.0. The lowest BCUT2D eigenvalue weighted by Crippen LogP contribution is -2.27. The van der Waals surface area contributed by atoms with Gasteiger partial charge < -0.3 is 9.47 Å². The van der Waals surface area contributed by atoms with E-state index in [9.17, 15) is 4.79 Å². The van der Waals surface area contributed by atoms with Gasteiger partial charge in [0.1, 0.15) is 6.61 Å². The van der Waals surface area contributed by atoms with Gasteiger partial charge in [-0.3, -0.25) is 9.69 Å². The first-order valence-corrected chi connectivity index (χ1v) is 12.0. The van der Waals surface area contributed by atoms with E-state index in [0.29, 0.717) is 47.0 Å². The Morgan fingerprint density at radius 1 is 1.03 bits per heavy atom. The maximum atomic E-state index is 13.2. The number of amides is 1. The van der Waals surface area contributed by atoms with Crippen molar-refractivity contribution < 1.29 is 14.3 Å². The number of ether oxygens (including phenoxy) is 2. The van der Waals surface area contributed by atoms with Crippen LogP contribution in [0.4, 0.5) is 5.69 Å². The largest absolute Gasteiger partial charge is 0.493 e. The van der Waals surface area contributed by atoms with Gasteiger partial charge in [-0.25, -0.2) is 0 Å². The monoisotopic (exact) mass is 535 g/mol. The number of anilines is 1. The maximum absolute atomic E-state index is 13.2. The molecule has 0 saturated carbocycles. The van der Waals surface area contributed by atoms with Gasteiger partial charge in [-0.1, -0.05) is 83.0 Å². The molecule has 0 aliphatic carbocycles. The fourth-order valence-electron chi connectivity index (χ4n) is 3.20. The molecular weight excluding hydrogens is 521 g/mol. The molecule has 0 spiro atoms. The summed E-state index contributed by atoms with van der Waals surface area (Å²) in [5, 5.41) is 1.57. The van der Waals surface area contributed by atoms with Crippen LogP contribution in [0.15, 0.2) is 65.6 Å². The van der Waals surface area contributed by atoms with Crippen LogP contribution in [0.1, 0.15) is 11.1 Å². The number of hydrogen-bond acceptors (Lipinski definition) is 5. The number of thioether (sulfide) groups is 1. The molecule has 1 aliphatic heterocycles. The fraction of sp³-hybridized carbons (Fsp3) is 0.0833. The van der Waals surface area contributed by atoms with Gasteiger partial charge in [-0.15, -0.1) is 0 Å². The zero-order valence-corrected chi connectivity index (χ0v) is 21.1. The molecule has 0 atom stereocenters. The van der Waals surface area contributed by atoms with Crippen molar-refractivity contribution in [3.63, 3.8) is 0 Å². The highest BCUT2D eigenvalue weighted by atomic mass is 35.5. The van der Waals surface area contributed by atoms with E-state index in [1.54, 1.807) is 61.7 Å². The van der Waals surface area contributed by atoms with Crippen molar-refractivity contribution in [3.05, 3.63) is 91.8 Å². The van der Waals surface area contributed by atoms with E-state index in [-0.39, 0.29) is 12.5 Å². The molecule has 1 amide bonds. The summed E-state index contributed by atoms with van der Waals surface area (Å²) in [6, 6.07) is 17.7. The van der Waals surface area contributed by atoms with Crippen molar-refractivity contribution in [3.8, 4) is 11.5 Å². The minimum Gasteiger partial charge on any atom is -0.493 e. The molecule has 4 rings (SSSR count). The Morgan fingerprint density at radius 2 is 1.79 bits per heavy atom. The number of benzene rings is 3. The second-order valence-corrected chi connectivity index (χ2v) is 9.86. The fourth-order valence-corrected chi connectivity index (χ4v) is 5.13. The number of halogens is 3. The normalized spacial score (nSPS) is 14.8. The van der Waals surface area contributed by atoms with Gasteiger partial charge in [-0.2, -0.15) is 0 Å². The molecule has 3 aromatic carbocycles. The molecule has 0 aromatic heterocycles. The van der Waals surface area contributed by atoms with E-state index < -0.39 is 0 Å². The second-order valence-electron chi connectivity index (χ2n) is 6.90. The van der Waals surface area contributed by atoms with Gasteiger partial charge in [0.15, 0.2) is 15.8 Å². The first-order valence-electron chi connectivity index (χ1n) is 9.64. The molecule has 3 aromatic rings. The molecule has 0 unspecified atom stereocenters. The first kappa shape index (κ1) is 23.9. The first-order chi connectivity index (χ1) is 15.9. The third kappa shape index (κ3) is 5.31. The number of hydrogen-bond donors (Lipinski definition) is 0. The molecule has 1 heterocycles. The van der Waals surface area contributed by atoms with E-state index in [4.69, 9.17) is 56.5 Å². The van der Waals surface area contributed by atoms with Crippen LogP contribution in [0.3, 0.4) is 0 Å². The predicted molar refractivity (Wildman–Crippen MR) is 141 cm³/mol. The highest BCUT2D eigenvalue weighted by Crippen LogP contribution is 2.40. The Kier molecular flexibility index (Phi) is 7.51. The van der Waals surface area contributed by atoms with Gasteiger partial charge in [0.25, 0.3) is 5.91 Å². The number of rotatable bonds is 6. The Hall–Kier alpha value is -2.22. The van der Waals surface area contributed by atoms with Crippen LogP contribution in [-0.4, -0.2) is 17.3 Å². The van der Waals surface area contributed by atoms with Crippen LogP contribution in [0.25, 0.3) is 6.08 Å². The molecule has 168 valence electrons. The zero-order chi connectivity index (χ0) is 23.5. The molecule has 9 heteroatoms. The smallest absolute Gasteiger partial charge is 0.270 e. The molecule has 4 nitrogen and oxygen atoms in total. The molecule has 1 aliphatic rings. The van der Waals surface area contributed by atoms with E-state index in [2.05, 4.69) is 0 Å². The minimum absolute atomic E-state index is 0.195. The second kappa shape index (κ2) is 10.4. The van der Waals surface area contributed by atoms with Crippen molar-refractivity contribution in [2.24, 2.45) is 0 Å². The van der Waals surface area contributed by atoms with Crippen LogP contribution >= 0.6 is 58.8 Å². The van der Waals surface area contributed by atoms with E-state index >= 15 is 0 Å². The molecule has 0 N–H and O–H groups in total. The predicted octanol–water partition coefficient (Wildman–Crippen LogP) is 7.64. The minimum atomic E-state index is -0.234. The van der Waals surface area contributed by atoms with Gasteiger partial charge >= 0.3 is 0 Å². The van der Waals surface area contributed by atoms with Crippen LogP contribution in [0.5, 0.6) is 11.5 Å². The van der Waals surface area contributed by atoms with Crippen LogP contribution in [0.2, 0.25) is 15.1 Å². The van der Waals surface area contributed by atoms with Crippen LogP contribution < -0.4 is 14.4 Å². The highest BCUT2D eigenvalue weighted by Gasteiger charge is 2.33. The van der Waals surface area contributed by atoms with Crippen molar-refractivity contribution >= 4 is 80.8 Å². The Morgan fingerprint density at radius 3 is 2.52 bits per heavy atom. The topological polar surface area (TPSA) is 38.8 Å². The third-order valence-electron chi connectivity index (χ3n) is 4.76. The maximum Gasteiger partial charge on any atom is 0.270 e. The van der Waals surface area contributed by atoms with Gasteiger partial charge in [-0.05, 0) is 42.5 Å². The van der Waals surface area contributed by atoms with E-state index in [1.807, 2.05) is 12.1 Å². The highest BCUT2D eigenvalue weighted by molar-refractivity contribution is 8.27. The summed E-state index contributed by atoms with van der Waals surface area (Å²) >= 11 is 25.0. The summed E-state index contributed by atoms with van der Waals surface area (Å²) in [6.45, 7) is 0.195. The average molecular weight is 537 g/mol. The number of para-hydroxylation sites is 1. The standard InChI is InChI=1S/C24H16Cl3NO3S2/c1-30-20-7-2-4-14(22(20)31-13-15-8-9-17(26)12-19(15)27)10-21-23(29)28(24(32)33-21)18-6-3-5-16(25)11-18/h2-12H,13H2,1H3/b21-10+. The lowest BCUT2D eigenvalue weighted by atomic mass is 10.1. The number of carbonyl (C=O) groups is 1. The van der Waals surface area contributed by atoms with Crippen molar-refractivity contribution in [2.75, 3.05) is 12.0 Å². The SMILES string of the molecule is COc1cccc(/C=C2/SC(=S)N(c3cccc(Cl)c3)C2=O)c1OCc1ccc(Cl)cc1Cl. The van der Waals surface area contributed by atoms with Crippen LogP contribution in [0, 0.1) is 0 Å². The summed E-state index contributed by atoms with van der Waals surface area (Å²) in [5.41, 5.74) is 2.06. The number of carbonyl (C=O) groups excluding carboxylic acids is 1. The summed E-state index contributed by atoms with van der Waals surface area (Å²) in [5.74, 6) is 0.778. The van der Waals surface area contributed by atoms with Gasteiger partial charge in [0.2, 0.25) is 0 Å². The Labute approximate surface area is 216 Å². The molecule has 0 radical (unpaired) electrons. The van der Waals surface area contributed by atoms with Crippen LogP contribution in [-0.2, 0) is 11.4 Å².